The number of aryl methyl sites for hydroxylation is 2. The molecule has 0 N–H and O–H groups in total. The predicted octanol–water partition coefficient (Wildman–Crippen LogP) is 2.76. The molecule has 3 heterocycles. The summed E-state index contributed by atoms with van der Waals surface area (Å²) in [5.74, 6) is 0. The molecule has 0 bridgehead atoms. The normalized spacial score (nSPS) is 19.8. The average molecular weight is 286 g/mol. The third-order valence-corrected chi connectivity index (χ3v) is 4.31. The van der Waals surface area contributed by atoms with Gasteiger partial charge in [0.15, 0.2) is 0 Å². The molecule has 21 heavy (non-hydrogen) atoms. The highest BCUT2D eigenvalue weighted by Crippen LogP contribution is 2.23. The minimum Gasteiger partial charge on any atom is -0.294 e. The van der Waals surface area contributed by atoms with Crippen molar-refractivity contribution in [2.24, 2.45) is 0 Å². The molecule has 112 valence electrons. The van der Waals surface area contributed by atoms with Gasteiger partial charge in [0.25, 0.3) is 0 Å². The molecule has 0 unspecified atom stereocenters. The first kappa shape index (κ1) is 14.2. The number of piperidine rings is 1. The Hall–Kier alpha value is -1.75. The van der Waals surface area contributed by atoms with Crippen molar-refractivity contribution in [3.8, 4) is 0 Å². The Kier molecular flexibility index (Phi) is 4.60. The summed E-state index contributed by atoms with van der Waals surface area (Å²) >= 11 is 0. The van der Waals surface area contributed by atoms with Crippen molar-refractivity contribution < 1.29 is 4.63 Å². The Morgan fingerprint density at radius 3 is 3.00 bits per heavy atom. The Bertz CT molecular complexity index is 554. The molecule has 1 atom stereocenters. The predicted molar refractivity (Wildman–Crippen MR) is 79.6 cm³/mol. The maximum absolute atomic E-state index is 4.81. The number of aromatic nitrogens is 3. The average Bonchev–Trinajstić information content (AvgIpc) is 2.93. The van der Waals surface area contributed by atoms with E-state index in [2.05, 4.69) is 32.3 Å². The number of rotatable bonds is 5. The van der Waals surface area contributed by atoms with Crippen molar-refractivity contribution in [3.05, 3.63) is 41.5 Å². The standard InChI is InChI=1S/C16H22N4O/c1-13-16(19-21-18-13)12-20-11-5-3-7-15(20)9-8-14-6-2-4-10-17-14/h2,4,6,10,15H,3,5,7-9,11-12H2,1H3/t15-/m0/s1. The van der Waals surface area contributed by atoms with Gasteiger partial charge in [-0.3, -0.25) is 9.88 Å². The number of hydrogen-bond donors (Lipinski definition) is 0. The minimum atomic E-state index is 0.608. The fraction of sp³-hybridized carbons (Fsp3) is 0.562. The fourth-order valence-corrected chi connectivity index (χ4v) is 3.04. The van der Waals surface area contributed by atoms with E-state index in [1.165, 1.54) is 25.0 Å². The van der Waals surface area contributed by atoms with Crippen LogP contribution in [0.5, 0.6) is 0 Å². The van der Waals surface area contributed by atoms with Gasteiger partial charge in [-0.1, -0.05) is 22.8 Å². The minimum absolute atomic E-state index is 0.608. The van der Waals surface area contributed by atoms with Gasteiger partial charge in [0.1, 0.15) is 11.4 Å². The first-order valence-electron chi connectivity index (χ1n) is 7.75. The van der Waals surface area contributed by atoms with E-state index in [1.54, 1.807) is 0 Å². The summed E-state index contributed by atoms with van der Waals surface area (Å²) in [7, 11) is 0. The maximum Gasteiger partial charge on any atom is 0.122 e. The van der Waals surface area contributed by atoms with Gasteiger partial charge in [0.05, 0.1) is 0 Å². The van der Waals surface area contributed by atoms with Crippen molar-refractivity contribution in [2.75, 3.05) is 6.54 Å². The first-order chi connectivity index (χ1) is 10.3. The van der Waals surface area contributed by atoms with Crippen LogP contribution in [0.2, 0.25) is 0 Å². The zero-order chi connectivity index (χ0) is 14.5. The number of pyridine rings is 1. The lowest BCUT2D eigenvalue weighted by molar-refractivity contribution is 0.128. The van der Waals surface area contributed by atoms with Crippen LogP contribution in [0, 0.1) is 6.92 Å². The van der Waals surface area contributed by atoms with Gasteiger partial charge in [-0.2, -0.15) is 0 Å². The molecular formula is C16H22N4O. The van der Waals surface area contributed by atoms with Crippen molar-refractivity contribution in [1.29, 1.82) is 0 Å². The molecule has 2 aromatic heterocycles. The van der Waals surface area contributed by atoms with Crippen molar-refractivity contribution >= 4 is 0 Å². The molecule has 1 fully saturated rings. The Morgan fingerprint density at radius 2 is 2.24 bits per heavy atom. The molecule has 0 spiro atoms. The van der Waals surface area contributed by atoms with Gasteiger partial charge in [-0.25, -0.2) is 4.63 Å². The molecular weight excluding hydrogens is 264 g/mol. The van der Waals surface area contributed by atoms with Gasteiger partial charge in [-0.05, 0) is 51.3 Å². The molecule has 0 aromatic carbocycles. The summed E-state index contributed by atoms with van der Waals surface area (Å²) < 4.78 is 4.81. The molecule has 1 aliphatic rings. The van der Waals surface area contributed by atoms with Crippen LogP contribution in [0.3, 0.4) is 0 Å². The molecule has 2 aromatic rings. The van der Waals surface area contributed by atoms with Gasteiger partial charge >= 0.3 is 0 Å². The van der Waals surface area contributed by atoms with Crippen LogP contribution in [0.4, 0.5) is 0 Å². The van der Waals surface area contributed by atoms with Crippen molar-refractivity contribution in [1.82, 2.24) is 20.2 Å². The Labute approximate surface area is 125 Å². The molecule has 1 aliphatic heterocycles. The maximum atomic E-state index is 4.81. The van der Waals surface area contributed by atoms with E-state index in [4.69, 9.17) is 4.63 Å². The lowest BCUT2D eigenvalue weighted by atomic mass is 9.96. The number of nitrogens with zero attached hydrogens (tertiary/aromatic N) is 4. The first-order valence-corrected chi connectivity index (χ1v) is 7.75. The monoisotopic (exact) mass is 286 g/mol. The van der Waals surface area contributed by atoms with Crippen LogP contribution in [0.15, 0.2) is 29.0 Å². The summed E-state index contributed by atoms with van der Waals surface area (Å²) in [6.07, 6.45) is 7.92. The van der Waals surface area contributed by atoms with E-state index in [0.717, 1.165) is 37.3 Å². The summed E-state index contributed by atoms with van der Waals surface area (Å²) in [5, 5.41) is 7.90. The SMILES string of the molecule is Cc1nonc1CN1CCCC[C@H]1CCc1ccccn1. The van der Waals surface area contributed by atoms with Crippen LogP contribution in [-0.2, 0) is 13.0 Å². The van der Waals surface area contributed by atoms with Crippen LogP contribution in [-0.4, -0.2) is 32.8 Å². The lowest BCUT2D eigenvalue weighted by Gasteiger charge is -2.35. The van der Waals surface area contributed by atoms with Gasteiger partial charge in [0, 0.05) is 24.5 Å². The van der Waals surface area contributed by atoms with E-state index in [9.17, 15) is 0 Å². The zero-order valence-electron chi connectivity index (χ0n) is 12.5. The van der Waals surface area contributed by atoms with E-state index in [0.29, 0.717) is 6.04 Å². The van der Waals surface area contributed by atoms with Crippen LogP contribution >= 0.6 is 0 Å². The van der Waals surface area contributed by atoms with Crippen LogP contribution < -0.4 is 0 Å². The Morgan fingerprint density at radius 1 is 1.29 bits per heavy atom. The Balaban J connectivity index is 1.60. The summed E-state index contributed by atoms with van der Waals surface area (Å²) in [6.45, 7) is 3.94. The van der Waals surface area contributed by atoms with E-state index in [1.807, 2.05) is 19.2 Å². The molecule has 5 nitrogen and oxygen atoms in total. The second-order valence-corrected chi connectivity index (χ2v) is 5.78. The molecule has 1 saturated heterocycles. The van der Waals surface area contributed by atoms with Gasteiger partial charge in [-0.15, -0.1) is 0 Å². The molecule has 0 amide bonds. The summed E-state index contributed by atoms with van der Waals surface area (Å²) in [6, 6.07) is 6.75. The van der Waals surface area contributed by atoms with Gasteiger partial charge in [0.2, 0.25) is 0 Å². The van der Waals surface area contributed by atoms with E-state index >= 15 is 0 Å². The highest BCUT2D eigenvalue weighted by Gasteiger charge is 2.24. The summed E-state index contributed by atoms with van der Waals surface area (Å²) in [5.41, 5.74) is 3.06. The van der Waals surface area contributed by atoms with Crippen molar-refractivity contribution in [2.45, 2.75) is 51.6 Å². The third-order valence-electron chi connectivity index (χ3n) is 4.31. The smallest absolute Gasteiger partial charge is 0.122 e. The quantitative estimate of drug-likeness (QED) is 0.846. The van der Waals surface area contributed by atoms with Crippen molar-refractivity contribution in [3.63, 3.8) is 0 Å². The van der Waals surface area contributed by atoms with E-state index in [-0.39, 0.29) is 0 Å². The largest absolute Gasteiger partial charge is 0.294 e. The third kappa shape index (κ3) is 3.67. The number of likely N-dealkylation sites (tertiary alicyclic amines) is 1. The zero-order valence-corrected chi connectivity index (χ0v) is 12.5. The topological polar surface area (TPSA) is 55.1 Å². The molecule has 0 radical (unpaired) electrons. The second-order valence-electron chi connectivity index (χ2n) is 5.78. The molecule has 0 aliphatic carbocycles. The van der Waals surface area contributed by atoms with Crippen LogP contribution in [0.1, 0.15) is 42.8 Å². The summed E-state index contributed by atoms with van der Waals surface area (Å²) in [4.78, 5) is 6.95. The molecule has 3 rings (SSSR count). The lowest BCUT2D eigenvalue weighted by Crippen LogP contribution is -2.39. The fourth-order valence-electron chi connectivity index (χ4n) is 3.04. The highest BCUT2D eigenvalue weighted by atomic mass is 16.6. The number of hydrogen-bond acceptors (Lipinski definition) is 5. The molecule has 0 saturated carbocycles. The highest BCUT2D eigenvalue weighted by molar-refractivity contribution is 5.06. The van der Waals surface area contributed by atoms with E-state index < -0.39 is 0 Å². The molecule has 5 heteroatoms. The van der Waals surface area contributed by atoms with Gasteiger partial charge < -0.3 is 0 Å². The van der Waals surface area contributed by atoms with Crippen LogP contribution in [0.25, 0.3) is 0 Å². The second kappa shape index (κ2) is 6.80.